The van der Waals surface area contributed by atoms with E-state index in [0.717, 1.165) is 17.7 Å². The van der Waals surface area contributed by atoms with E-state index in [0.29, 0.717) is 28.4 Å². The lowest BCUT2D eigenvalue weighted by Gasteiger charge is -2.23. The average Bonchev–Trinajstić information content (AvgIpc) is 3.18. The zero-order valence-electron chi connectivity index (χ0n) is 17.3. The molecule has 0 bridgehead atoms. The van der Waals surface area contributed by atoms with Crippen LogP contribution in [0.3, 0.4) is 0 Å². The Hall–Kier alpha value is -3.12. The number of fused-ring (bicyclic) bond motifs is 2. The first-order valence-corrected chi connectivity index (χ1v) is 12.0. The van der Waals surface area contributed by atoms with Crippen molar-refractivity contribution in [2.24, 2.45) is 0 Å². The Morgan fingerprint density at radius 1 is 0.848 bits per heavy atom. The summed E-state index contributed by atoms with van der Waals surface area (Å²) < 4.78 is 0. The van der Waals surface area contributed by atoms with Gasteiger partial charge in [0.25, 0.3) is 11.8 Å². The van der Waals surface area contributed by atoms with Crippen LogP contribution in [0.15, 0.2) is 78.2 Å². The molecule has 164 valence electrons. The summed E-state index contributed by atoms with van der Waals surface area (Å²) in [6, 6.07) is 21.8. The highest BCUT2D eigenvalue weighted by Crippen LogP contribution is 2.35. The summed E-state index contributed by atoms with van der Waals surface area (Å²) in [5.74, 6) is -0.528. The van der Waals surface area contributed by atoms with Crippen LogP contribution in [0, 0.1) is 0 Å². The van der Waals surface area contributed by atoms with Gasteiger partial charge in [-0.25, -0.2) is 0 Å². The molecule has 0 saturated carbocycles. The number of anilines is 2. The van der Waals surface area contributed by atoms with Gasteiger partial charge in [-0.05, 0) is 59.0 Å². The molecule has 0 fully saturated rings. The molecule has 2 heterocycles. The minimum absolute atomic E-state index is 0.183. The topological polar surface area (TPSA) is 49.4 Å². The molecule has 5 rings (SSSR count). The summed E-state index contributed by atoms with van der Waals surface area (Å²) in [5.41, 5.74) is 4.45. The van der Waals surface area contributed by atoms with Crippen LogP contribution in [0.4, 0.5) is 11.4 Å². The van der Waals surface area contributed by atoms with E-state index in [1.807, 2.05) is 18.2 Å². The number of hydrogen-bond donors (Lipinski definition) is 1. The number of amides is 2. The van der Waals surface area contributed by atoms with Gasteiger partial charge in [-0.3, -0.25) is 9.59 Å². The summed E-state index contributed by atoms with van der Waals surface area (Å²) in [4.78, 5) is 29.1. The molecule has 1 aliphatic rings. The molecule has 3 aromatic carbocycles. The number of carbonyl (C=O) groups excluding carboxylic acids is 2. The lowest BCUT2D eigenvalue weighted by atomic mass is 10.1. The zero-order chi connectivity index (χ0) is 22.9. The van der Waals surface area contributed by atoms with Gasteiger partial charge in [0.1, 0.15) is 0 Å². The number of thiophene rings is 1. The van der Waals surface area contributed by atoms with Crippen molar-refractivity contribution in [1.82, 2.24) is 0 Å². The normalized spacial score (nSPS) is 12.5. The highest BCUT2D eigenvalue weighted by molar-refractivity contribution is 7.10. The summed E-state index contributed by atoms with van der Waals surface area (Å²) in [7, 11) is 0. The predicted molar refractivity (Wildman–Crippen MR) is 135 cm³/mol. The maximum atomic E-state index is 13.6. The lowest BCUT2D eigenvalue weighted by molar-refractivity contribution is 0.0984. The highest BCUT2D eigenvalue weighted by atomic mass is 35.5. The number of para-hydroxylation sites is 1. The molecule has 0 aliphatic carbocycles. The fourth-order valence-electron chi connectivity index (χ4n) is 3.96. The zero-order valence-corrected chi connectivity index (χ0v) is 19.7. The van der Waals surface area contributed by atoms with Gasteiger partial charge in [-0.15, -0.1) is 11.3 Å². The van der Waals surface area contributed by atoms with Crippen LogP contribution < -0.4 is 10.2 Å². The molecule has 7 heteroatoms. The quantitative estimate of drug-likeness (QED) is 0.332. The number of halogens is 2. The van der Waals surface area contributed by atoms with Crippen molar-refractivity contribution in [3.05, 3.63) is 115 Å². The Morgan fingerprint density at radius 2 is 1.64 bits per heavy atom. The van der Waals surface area contributed by atoms with E-state index in [4.69, 9.17) is 23.2 Å². The molecule has 4 nitrogen and oxygen atoms in total. The van der Waals surface area contributed by atoms with Crippen molar-refractivity contribution >= 4 is 57.7 Å². The molecule has 1 aliphatic heterocycles. The van der Waals surface area contributed by atoms with Crippen molar-refractivity contribution < 1.29 is 9.59 Å². The van der Waals surface area contributed by atoms with Crippen molar-refractivity contribution in [2.45, 2.75) is 13.0 Å². The highest BCUT2D eigenvalue weighted by Gasteiger charge is 2.27. The molecule has 0 radical (unpaired) electrons. The second-order valence-electron chi connectivity index (χ2n) is 7.69. The number of benzene rings is 3. The minimum Gasteiger partial charge on any atom is -0.322 e. The molecule has 1 N–H and O–H groups in total. The fourth-order valence-corrected chi connectivity index (χ4v) is 5.33. The van der Waals surface area contributed by atoms with Gasteiger partial charge >= 0.3 is 0 Å². The molecular formula is C26H18Cl2N2O2S. The first-order chi connectivity index (χ1) is 16.0. The third-order valence-corrected chi connectivity index (χ3v) is 7.21. The van der Waals surface area contributed by atoms with Gasteiger partial charge in [0.15, 0.2) is 0 Å². The van der Waals surface area contributed by atoms with Crippen molar-refractivity contribution in [3.63, 3.8) is 0 Å². The maximum absolute atomic E-state index is 13.6. The molecule has 4 aromatic rings. The molecule has 0 atom stereocenters. The standard InChI is InChI=1S/C26H18Cl2N2O2S/c27-21-7-3-2-6-19(21)25(31)29-18-9-10-20(22(28)14-18)26(32)30-15-24-17(11-12-33-24)13-16-5-1-4-8-23(16)30/h1-12,14H,13,15H2,(H,29,31). The van der Waals surface area contributed by atoms with Crippen molar-refractivity contribution in [2.75, 3.05) is 10.2 Å². The largest absolute Gasteiger partial charge is 0.322 e. The molecule has 0 unspecified atom stereocenters. The molecule has 2 amide bonds. The summed E-state index contributed by atoms with van der Waals surface area (Å²) in [6.07, 6.45) is 0.791. The van der Waals surface area contributed by atoms with E-state index in [-0.39, 0.29) is 16.8 Å². The molecule has 1 aromatic heterocycles. The molecule has 0 saturated heterocycles. The van der Waals surface area contributed by atoms with E-state index in [1.165, 1.54) is 10.4 Å². The number of nitrogens with one attached hydrogen (secondary N) is 1. The summed E-state index contributed by atoms with van der Waals surface area (Å²) in [5, 5.41) is 5.48. The Morgan fingerprint density at radius 3 is 2.45 bits per heavy atom. The first-order valence-electron chi connectivity index (χ1n) is 10.3. The van der Waals surface area contributed by atoms with Crippen LogP contribution in [0.5, 0.6) is 0 Å². The second kappa shape index (κ2) is 9.02. The number of rotatable bonds is 3. The van der Waals surface area contributed by atoms with E-state index in [2.05, 4.69) is 22.8 Å². The Bertz CT molecular complexity index is 1380. The summed E-state index contributed by atoms with van der Waals surface area (Å²) >= 11 is 14.3. The van der Waals surface area contributed by atoms with E-state index in [9.17, 15) is 9.59 Å². The monoisotopic (exact) mass is 492 g/mol. The van der Waals surface area contributed by atoms with Crippen molar-refractivity contribution in [3.8, 4) is 0 Å². The number of carbonyl (C=O) groups is 2. The van der Waals surface area contributed by atoms with Gasteiger partial charge in [0.05, 0.1) is 27.7 Å². The van der Waals surface area contributed by atoms with Crippen LogP contribution in [-0.4, -0.2) is 11.8 Å². The summed E-state index contributed by atoms with van der Waals surface area (Å²) in [6.45, 7) is 0.490. The minimum atomic E-state index is -0.345. The fraction of sp³-hybridized carbons (Fsp3) is 0.0769. The smallest absolute Gasteiger partial charge is 0.260 e. The van der Waals surface area contributed by atoms with Gasteiger partial charge in [-0.2, -0.15) is 0 Å². The predicted octanol–water partition coefficient (Wildman–Crippen LogP) is 7.06. The third kappa shape index (κ3) is 4.27. The van der Waals surface area contributed by atoms with Gasteiger partial charge in [-0.1, -0.05) is 53.5 Å². The lowest BCUT2D eigenvalue weighted by Crippen LogP contribution is -2.30. The SMILES string of the molecule is O=C(Nc1ccc(C(=O)N2Cc3sccc3Cc3ccccc32)c(Cl)c1)c1ccccc1Cl. The van der Waals surface area contributed by atoms with Gasteiger partial charge < -0.3 is 10.2 Å². The number of hydrogen-bond acceptors (Lipinski definition) is 3. The van der Waals surface area contributed by atoms with Crippen LogP contribution in [0.25, 0.3) is 0 Å². The first kappa shape index (κ1) is 21.7. The van der Waals surface area contributed by atoms with Crippen LogP contribution in [0.2, 0.25) is 10.0 Å². The van der Waals surface area contributed by atoms with Gasteiger partial charge in [0, 0.05) is 22.7 Å². The average molecular weight is 493 g/mol. The van der Waals surface area contributed by atoms with Crippen LogP contribution >= 0.6 is 34.5 Å². The second-order valence-corrected chi connectivity index (χ2v) is 9.51. The van der Waals surface area contributed by atoms with Crippen LogP contribution in [-0.2, 0) is 13.0 Å². The van der Waals surface area contributed by atoms with Crippen LogP contribution in [0.1, 0.15) is 36.7 Å². The third-order valence-electron chi connectivity index (χ3n) is 5.62. The van der Waals surface area contributed by atoms with E-state index >= 15 is 0 Å². The van der Waals surface area contributed by atoms with Gasteiger partial charge in [0.2, 0.25) is 0 Å². The number of nitrogens with zero attached hydrogens (tertiary/aromatic N) is 1. The molecular weight excluding hydrogens is 475 g/mol. The Balaban J connectivity index is 1.43. The van der Waals surface area contributed by atoms with E-state index in [1.54, 1.807) is 58.7 Å². The Kier molecular flexibility index (Phi) is 5.94. The van der Waals surface area contributed by atoms with E-state index < -0.39 is 0 Å². The molecule has 0 spiro atoms. The molecule has 33 heavy (non-hydrogen) atoms. The Labute approximate surface area is 205 Å². The van der Waals surface area contributed by atoms with Crippen molar-refractivity contribution in [1.29, 1.82) is 0 Å². The maximum Gasteiger partial charge on any atom is 0.260 e.